The summed E-state index contributed by atoms with van der Waals surface area (Å²) in [5, 5.41) is 0.793. The average Bonchev–Trinajstić information content (AvgIpc) is 3.26. The Morgan fingerprint density at radius 2 is 1.76 bits per heavy atom. The summed E-state index contributed by atoms with van der Waals surface area (Å²) in [6.07, 6.45) is 8.17. The van der Waals surface area contributed by atoms with Gasteiger partial charge in [0.15, 0.2) is 0 Å². The molecule has 4 heterocycles. The number of hydrogen-bond donors (Lipinski definition) is 1. The SMILES string of the molecule is Cn1c(C#CC2CCN(C(=O)/C=C/CN3CCC3)CC2)c(-c2ccc(Oc3ccccc3)cc2)c2c(N)ncnc21. The summed E-state index contributed by atoms with van der Waals surface area (Å²) in [4.78, 5) is 25.7. The molecule has 2 aromatic carbocycles. The molecule has 0 bridgehead atoms. The number of likely N-dealkylation sites (tertiary alicyclic amines) is 2. The average molecular weight is 547 g/mol. The first kappa shape index (κ1) is 26.6. The lowest BCUT2D eigenvalue weighted by Crippen LogP contribution is -2.38. The van der Waals surface area contributed by atoms with Gasteiger partial charge in [-0.05, 0) is 68.1 Å². The maximum absolute atomic E-state index is 12.6. The molecule has 208 valence electrons. The van der Waals surface area contributed by atoms with Crippen molar-refractivity contribution >= 4 is 22.8 Å². The van der Waals surface area contributed by atoms with E-state index >= 15 is 0 Å². The van der Waals surface area contributed by atoms with E-state index in [0.717, 1.165) is 84.9 Å². The van der Waals surface area contributed by atoms with E-state index in [1.807, 2.05) is 77.2 Å². The first-order valence-corrected chi connectivity index (χ1v) is 14.2. The van der Waals surface area contributed by atoms with Crippen LogP contribution in [0.2, 0.25) is 0 Å². The lowest BCUT2D eigenvalue weighted by molar-refractivity contribution is -0.127. The van der Waals surface area contributed by atoms with Crippen molar-refractivity contribution in [2.75, 3.05) is 38.5 Å². The molecule has 2 aromatic heterocycles. The molecule has 2 saturated heterocycles. The first-order valence-electron chi connectivity index (χ1n) is 14.2. The normalized spacial score (nSPS) is 16.0. The van der Waals surface area contributed by atoms with Gasteiger partial charge in [-0.3, -0.25) is 9.69 Å². The zero-order valence-corrected chi connectivity index (χ0v) is 23.3. The fourth-order valence-electron chi connectivity index (χ4n) is 5.40. The van der Waals surface area contributed by atoms with Gasteiger partial charge < -0.3 is 19.9 Å². The number of para-hydroxylation sites is 1. The number of rotatable bonds is 6. The molecule has 8 heteroatoms. The van der Waals surface area contributed by atoms with Crippen LogP contribution in [0.5, 0.6) is 11.5 Å². The van der Waals surface area contributed by atoms with Crippen LogP contribution in [0, 0.1) is 17.8 Å². The van der Waals surface area contributed by atoms with Gasteiger partial charge in [-0.25, -0.2) is 9.97 Å². The van der Waals surface area contributed by atoms with Crippen LogP contribution in [-0.2, 0) is 11.8 Å². The van der Waals surface area contributed by atoms with E-state index in [2.05, 4.69) is 26.7 Å². The van der Waals surface area contributed by atoms with Crippen LogP contribution in [0.15, 0.2) is 73.1 Å². The summed E-state index contributed by atoms with van der Waals surface area (Å²) in [6, 6.07) is 17.6. The molecule has 2 N–H and O–H groups in total. The predicted molar refractivity (Wildman–Crippen MR) is 161 cm³/mol. The lowest BCUT2D eigenvalue weighted by atomic mass is 9.96. The number of amides is 1. The van der Waals surface area contributed by atoms with Crippen molar-refractivity contribution < 1.29 is 9.53 Å². The highest BCUT2D eigenvalue weighted by atomic mass is 16.5. The Hall–Kier alpha value is -4.61. The molecule has 0 radical (unpaired) electrons. The molecule has 0 unspecified atom stereocenters. The van der Waals surface area contributed by atoms with Crippen LogP contribution < -0.4 is 10.5 Å². The molecule has 0 spiro atoms. The van der Waals surface area contributed by atoms with Crippen LogP contribution in [0.4, 0.5) is 5.82 Å². The van der Waals surface area contributed by atoms with Gasteiger partial charge in [-0.15, -0.1) is 0 Å². The van der Waals surface area contributed by atoms with Gasteiger partial charge in [0.05, 0.1) is 5.39 Å². The minimum Gasteiger partial charge on any atom is -0.457 e. The fourth-order valence-corrected chi connectivity index (χ4v) is 5.40. The Labute approximate surface area is 240 Å². The van der Waals surface area contributed by atoms with Gasteiger partial charge in [0.1, 0.15) is 35.0 Å². The molecule has 4 aromatic rings. The minimum atomic E-state index is 0.0987. The summed E-state index contributed by atoms with van der Waals surface area (Å²) < 4.78 is 7.98. The third-order valence-electron chi connectivity index (χ3n) is 7.89. The Balaban J connectivity index is 1.21. The van der Waals surface area contributed by atoms with E-state index in [9.17, 15) is 4.79 Å². The zero-order valence-electron chi connectivity index (χ0n) is 23.3. The number of aromatic nitrogens is 3. The number of nitrogens with zero attached hydrogens (tertiary/aromatic N) is 5. The molecule has 41 heavy (non-hydrogen) atoms. The summed E-state index contributed by atoms with van der Waals surface area (Å²) in [5.74, 6) is 9.22. The van der Waals surface area contributed by atoms with E-state index in [1.165, 1.54) is 12.7 Å². The molecule has 1 amide bonds. The molecular formula is C33H34N6O2. The number of carbonyl (C=O) groups is 1. The number of nitrogen functional groups attached to an aromatic ring is 1. The Morgan fingerprint density at radius 3 is 2.46 bits per heavy atom. The molecule has 2 fully saturated rings. The molecule has 0 atom stereocenters. The van der Waals surface area contributed by atoms with Crippen molar-refractivity contribution in [3.05, 3.63) is 78.8 Å². The lowest BCUT2D eigenvalue weighted by Gasteiger charge is -2.30. The minimum absolute atomic E-state index is 0.0987. The topological polar surface area (TPSA) is 89.5 Å². The summed E-state index contributed by atoms with van der Waals surface area (Å²) in [7, 11) is 1.96. The second-order valence-corrected chi connectivity index (χ2v) is 10.6. The first-order chi connectivity index (χ1) is 20.1. The monoisotopic (exact) mass is 546 g/mol. The van der Waals surface area contributed by atoms with Crippen LogP contribution >= 0.6 is 0 Å². The van der Waals surface area contributed by atoms with Gasteiger partial charge in [0.25, 0.3) is 0 Å². The van der Waals surface area contributed by atoms with Crippen LogP contribution in [0.1, 0.15) is 25.0 Å². The van der Waals surface area contributed by atoms with Gasteiger partial charge >= 0.3 is 0 Å². The zero-order chi connectivity index (χ0) is 28.2. The maximum Gasteiger partial charge on any atom is 0.246 e. The number of ether oxygens (including phenoxy) is 1. The van der Waals surface area contributed by atoms with Crippen molar-refractivity contribution in [2.24, 2.45) is 13.0 Å². The second-order valence-electron chi connectivity index (χ2n) is 10.6. The molecule has 8 nitrogen and oxygen atoms in total. The number of hydrogen-bond acceptors (Lipinski definition) is 6. The number of aryl methyl sites for hydroxylation is 1. The van der Waals surface area contributed by atoms with Gasteiger partial charge in [-0.2, -0.15) is 0 Å². The van der Waals surface area contributed by atoms with Crippen molar-refractivity contribution in [1.82, 2.24) is 24.3 Å². The third-order valence-corrected chi connectivity index (χ3v) is 7.89. The van der Waals surface area contributed by atoms with E-state index in [4.69, 9.17) is 10.5 Å². The van der Waals surface area contributed by atoms with Crippen LogP contribution in [0.25, 0.3) is 22.2 Å². The molecule has 0 saturated carbocycles. The largest absolute Gasteiger partial charge is 0.457 e. The quantitative estimate of drug-likeness (QED) is 0.274. The Kier molecular flexibility index (Phi) is 7.70. The number of carbonyl (C=O) groups excluding carboxylic acids is 1. The Bertz CT molecular complexity index is 1620. The van der Waals surface area contributed by atoms with Gasteiger partial charge in [0.2, 0.25) is 5.91 Å². The summed E-state index contributed by atoms with van der Waals surface area (Å²) in [6.45, 7) is 4.56. The van der Waals surface area contributed by atoms with E-state index < -0.39 is 0 Å². The highest BCUT2D eigenvalue weighted by molar-refractivity contribution is 6.03. The highest BCUT2D eigenvalue weighted by Gasteiger charge is 2.22. The summed E-state index contributed by atoms with van der Waals surface area (Å²) in [5.41, 5.74) is 9.84. The third kappa shape index (κ3) is 5.81. The fraction of sp³-hybridized carbons (Fsp3) is 0.303. The smallest absolute Gasteiger partial charge is 0.246 e. The standard InChI is InChI=1S/C33H34N6O2/c1-37-28(15-10-24-16-21-39(22-17-24)29(40)9-5-18-38-19-6-20-38)30(31-32(34)35-23-36-33(31)37)25-11-13-27(14-12-25)41-26-7-3-2-4-8-26/h2-5,7-9,11-14,23-24H,6,16-22H2,1H3,(H2,34,35,36)/b9-5+. The molecule has 2 aliphatic heterocycles. The van der Waals surface area contributed by atoms with E-state index in [0.29, 0.717) is 5.82 Å². The molecular weight excluding hydrogens is 512 g/mol. The van der Waals surface area contributed by atoms with E-state index in [1.54, 1.807) is 6.08 Å². The molecule has 2 aliphatic rings. The number of benzene rings is 2. The number of fused-ring (bicyclic) bond motifs is 1. The second kappa shape index (κ2) is 11.9. The van der Waals surface area contributed by atoms with Crippen LogP contribution in [-0.4, -0.2) is 63.0 Å². The van der Waals surface area contributed by atoms with Crippen molar-refractivity contribution in [3.63, 3.8) is 0 Å². The van der Waals surface area contributed by atoms with Crippen LogP contribution in [0.3, 0.4) is 0 Å². The predicted octanol–water partition coefficient (Wildman–Crippen LogP) is 4.86. The Morgan fingerprint density at radius 1 is 1.02 bits per heavy atom. The number of piperidine rings is 1. The highest BCUT2D eigenvalue weighted by Crippen LogP contribution is 2.37. The summed E-state index contributed by atoms with van der Waals surface area (Å²) >= 11 is 0. The van der Waals surface area contributed by atoms with Crippen molar-refractivity contribution in [1.29, 1.82) is 0 Å². The van der Waals surface area contributed by atoms with Crippen molar-refractivity contribution in [2.45, 2.75) is 19.3 Å². The number of anilines is 1. The molecule has 6 rings (SSSR count). The van der Waals surface area contributed by atoms with Crippen molar-refractivity contribution in [3.8, 4) is 34.5 Å². The van der Waals surface area contributed by atoms with Gasteiger partial charge in [-0.1, -0.05) is 42.3 Å². The number of nitrogens with two attached hydrogens (primary N) is 1. The molecule has 0 aliphatic carbocycles. The van der Waals surface area contributed by atoms with E-state index in [-0.39, 0.29) is 11.8 Å². The van der Waals surface area contributed by atoms with Gasteiger partial charge in [0, 0.05) is 44.2 Å². The maximum atomic E-state index is 12.6.